The normalized spacial score (nSPS) is 10.1. The standard InChI is InChI=1S/C14H21NO3/c1-18-13-7-5-6-12(10-13)11-14(17)15-8-3-2-4-9-16/h5-7,10,16H,2-4,8-9,11H2,1H3,(H,15,17). The summed E-state index contributed by atoms with van der Waals surface area (Å²) in [7, 11) is 1.61. The van der Waals surface area contributed by atoms with Gasteiger partial charge in [-0.3, -0.25) is 4.79 Å². The zero-order valence-electron chi connectivity index (χ0n) is 10.8. The van der Waals surface area contributed by atoms with E-state index in [-0.39, 0.29) is 12.5 Å². The van der Waals surface area contributed by atoms with Gasteiger partial charge in [0.05, 0.1) is 13.5 Å². The zero-order chi connectivity index (χ0) is 13.2. The molecule has 0 radical (unpaired) electrons. The first-order valence-corrected chi connectivity index (χ1v) is 6.26. The lowest BCUT2D eigenvalue weighted by molar-refractivity contribution is -0.120. The molecular formula is C14H21NO3. The van der Waals surface area contributed by atoms with Gasteiger partial charge in [-0.1, -0.05) is 12.1 Å². The number of carbonyl (C=O) groups excluding carboxylic acids is 1. The van der Waals surface area contributed by atoms with Gasteiger partial charge in [-0.05, 0) is 37.0 Å². The van der Waals surface area contributed by atoms with Crippen molar-refractivity contribution >= 4 is 5.91 Å². The summed E-state index contributed by atoms with van der Waals surface area (Å²) < 4.78 is 5.11. The predicted octanol–water partition coefficient (Wildman–Crippen LogP) is 1.52. The van der Waals surface area contributed by atoms with Crippen molar-refractivity contribution in [2.75, 3.05) is 20.3 Å². The van der Waals surface area contributed by atoms with Crippen LogP contribution in [0.25, 0.3) is 0 Å². The van der Waals surface area contributed by atoms with E-state index in [0.717, 1.165) is 30.6 Å². The topological polar surface area (TPSA) is 58.6 Å². The van der Waals surface area contributed by atoms with E-state index >= 15 is 0 Å². The van der Waals surface area contributed by atoms with Crippen LogP contribution in [0.2, 0.25) is 0 Å². The molecule has 4 heteroatoms. The number of aliphatic hydroxyl groups is 1. The molecule has 18 heavy (non-hydrogen) atoms. The van der Waals surface area contributed by atoms with E-state index < -0.39 is 0 Å². The molecule has 0 unspecified atom stereocenters. The third-order valence-corrected chi connectivity index (χ3v) is 2.66. The van der Waals surface area contributed by atoms with Gasteiger partial charge in [0.1, 0.15) is 5.75 Å². The largest absolute Gasteiger partial charge is 0.497 e. The lowest BCUT2D eigenvalue weighted by Crippen LogP contribution is -2.26. The number of aliphatic hydroxyl groups excluding tert-OH is 1. The Morgan fingerprint density at radius 3 is 2.89 bits per heavy atom. The maximum atomic E-state index is 11.6. The Balaban J connectivity index is 2.26. The molecule has 100 valence electrons. The number of unbranched alkanes of at least 4 members (excludes halogenated alkanes) is 2. The van der Waals surface area contributed by atoms with Crippen LogP contribution < -0.4 is 10.1 Å². The van der Waals surface area contributed by atoms with E-state index in [1.807, 2.05) is 24.3 Å². The van der Waals surface area contributed by atoms with Crippen molar-refractivity contribution in [1.82, 2.24) is 5.32 Å². The number of rotatable bonds is 8. The summed E-state index contributed by atoms with van der Waals surface area (Å²) in [5.41, 5.74) is 0.946. The van der Waals surface area contributed by atoms with Crippen LogP contribution in [-0.2, 0) is 11.2 Å². The molecule has 0 fully saturated rings. The molecule has 0 atom stereocenters. The molecule has 1 aromatic carbocycles. The molecular weight excluding hydrogens is 230 g/mol. The van der Waals surface area contributed by atoms with Gasteiger partial charge in [-0.25, -0.2) is 0 Å². The summed E-state index contributed by atoms with van der Waals surface area (Å²) in [6, 6.07) is 7.51. The molecule has 0 aromatic heterocycles. The fourth-order valence-corrected chi connectivity index (χ4v) is 1.67. The van der Waals surface area contributed by atoms with Gasteiger partial charge < -0.3 is 15.2 Å². The van der Waals surface area contributed by atoms with Crippen molar-refractivity contribution in [3.8, 4) is 5.75 Å². The van der Waals surface area contributed by atoms with E-state index in [1.165, 1.54) is 0 Å². The number of methoxy groups -OCH3 is 1. The highest BCUT2D eigenvalue weighted by Crippen LogP contribution is 2.12. The summed E-state index contributed by atoms with van der Waals surface area (Å²) in [6.07, 6.45) is 3.02. The van der Waals surface area contributed by atoms with Gasteiger partial charge in [0.15, 0.2) is 0 Å². The van der Waals surface area contributed by atoms with Gasteiger partial charge in [0, 0.05) is 13.2 Å². The van der Waals surface area contributed by atoms with Crippen molar-refractivity contribution in [2.24, 2.45) is 0 Å². The molecule has 0 aliphatic rings. The third kappa shape index (κ3) is 5.68. The second-order valence-electron chi connectivity index (χ2n) is 4.16. The minimum absolute atomic E-state index is 0.0206. The number of ether oxygens (including phenoxy) is 1. The summed E-state index contributed by atoms with van der Waals surface area (Å²) in [4.78, 5) is 11.6. The highest BCUT2D eigenvalue weighted by Gasteiger charge is 2.03. The molecule has 0 aliphatic heterocycles. The average molecular weight is 251 g/mol. The minimum Gasteiger partial charge on any atom is -0.497 e. The SMILES string of the molecule is COc1cccc(CC(=O)NCCCCCO)c1. The first-order chi connectivity index (χ1) is 8.76. The van der Waals surface area contributed by atoms with Gasteiger partial charge in [-0.15, -0.1) is 0 Å². The van der Waals surface area contributed by atoms with E-state index in [0.29, 0.717) is 13.0 Å². The first kappa shape index (κ1) is 14.5. The maximum Gasteiger partial charge on any atom is 0.224 e. The van der Waals surface area contributed by atoms with Crippen LogP contribution in [0, 0.1) is 0 Å². The van der Waals surface area contributed by atoms with Crippen molar-refractivity contribution in [3.05, 3.63) is 29.8 Å². The van der Waals surface area contributed by atoms with Gasteiger partial charge in [0.25, 0.3) is 0 Å². The average Bonchev–Trinajstić information content (AvgIpc) is 2.38. The summed E-state index contributed by atoms with van der Waals surface area (Å²) in [6.45, 7) is 0.889. The third-order valence-electron chi connectivity index (χ3n) is 2.66. The van der Waals surface area contributed by atoms with Gasteiger partial charge >= 0.3 is 0 Å². The maximum absolute atomic E-state index is 11.6. The van der Waals surface area contributed by atoms with Crippen LogP contribution in [0.3, 0.4) is 0 Å². The Hall–Kier alpha value is -1.55. The number of carbonyl (C=O) groups is 1. The fraction of sp³-hybridized carbons (Fsp3) is 0.500. The number of hydrogen-bond acceptors (Lipinski definition) is 3. The van der Waals surface area contributed by atoms with E-state index in [2.05, 4.69) is 5.32 Å². The number of hydrogen-bond donors (Lipinski definition) is 2. The molecule has 1 rings (SSSR count). The molecule has 0 aliphatic carbocycles. The Labute approximate surface area is 108 Å². The molecule has 0 spiro atoms. The summed E-state index contributed by atoms with van der Waals surface area (Å²) >= 11 is 0. The van der Waals surface area contributed by atoms with Crippen LogP contribution in [0.5, 0.6) is 5.75 Å². The molecule has 0 saturated carbocycles. The monoisotopic (exact) mass is 251 g/mol. The highest BCUT2D eigenvalue weighted by molar-refractivity contribution is 5.78. The lowest BCUT2D eigenvalue weighted by Gasteiger charge is -2.06. The predicted molar refractivity (Wildman–Crippen MR) is 70.6 cm³/mol. The van der Waals surface area contributed by atoms with Crippen molar-refractivity contribution < 1.29 is 14.6 Å². The van der Waals surface area contributed by atoms with Gasteiger partial charge in [0.2, 0.25) is 5.91 Å². The molecule has 0 heterocycles. The van der Waals surface area contributed by atoms with Crippen LogP contribution in [0.15, 0.2) is 24.3 Å². The number of amides is 1. The Morgan fingerprint density at radius 2 is 2.17 bits per heavy atom. The van der Waals surface area contributed by atoms with E-state index in [4.69, 9.17) is 9.84 Å². The van der Waals surface area contributed by atoms with Crippen LogP contribution >= 0.6 is 0 Å². The minimum atomic E-state index is 0.0206. The quantitative estimate of drug-likeness (QED) is 0.689. The fourth-order valence-electron chi connectivity index (χ4n) is 1.67. The van der Waals surface area contributed by atoms with Crippen molar-refractivity contribution in [2.45, 2.75) is 25.7 Å². The zero-order valence-corrected chi connectivity index (χ0v) is 10.8. The Bertz CT molecular complexity index is 366. The molecule has 1 aromatic rings. The second-order valence-corrected chi connectivity index (χ2v) is 4.16. The van der Waals surface area contributed by atoms with Crippen LogP contribution in [0.4, 0.5) is 0 Å². The van der Waals surface area contributed by atoms with Crippen LogP contribution in [-0.4, -0.2) is 31.3 Å². The van der Waals surface area contributed by atoms with Crippen molar-refractivity contribution in [1.29, 1.82) is 0 Å². The highest BCUT2D eigenvalue weighted by atomic mass is 16.5. The molecule has 0 saturated heterocycles. The summed E-state index contributed by atoms with van der Waals surface area (Å²) in [5.74, 6) is 0.787. The number of nitrogens with one attached hydrogen (secondary N) is 1. The number of benzene rings is 1. The first-order valence-electron chi connectivity index (χ1n) is 6.26. The van der Waals surface area contributed by atoms with Crippen LogP contribution in [0.1, 0.15) is 24.8 Å². The Kier molecular flexibility index (Phi) is 6.87. The van der Waals surface area contributed by atoms with E-state index in [1.54, 1.807) is 7.11 Å². The van der Waals surface area contributed by atoms with E-state index in [9.17, 15) is 4.79 Å². The Morgan fingerprint density at radius 1 is 1.33 bits per heavy atom. The summed E-state index contributed by atoms with van der Waals surface area (Å²) in [5, 5.41) is 11.5. The molecule has 0 bridgehead atoms. The molecule has 1 amide bonds. The van der Waals surface area contributed by atoms with Gasteiger partial charge in [-0.2, -0.15) is 0 Å². The molecule has 4 nitrogen and oxygen atoms in total. The lowest BCUT2D eigenvalue weighted by atomic mass is 10.1. The second kappa shape index (κ2) is 8.53. The molecule has 2 N–H and O–H groups in total. The van der Waals surface area contributed by atoms with Crippen molar-refractivity contribution in [3.63, 3.8) is 0 Å². The smallest absolute Gasteiger partial charge is 0.224 e.